The van der Waals surface area contributed by atoms with E-state index >= 15 is 0 Å². The number of ether oxygens (including phenoxy) is 1. The Bertz CT molecular complexity index is 826. The molecular formula is C17H19ClF3N5O3. The molecule has 0 unspecified atom stereocenters. The smallest absolute Gasteiger partial charge is 0.417 e. The fourth-order valence-electron chi connectivity index (χ4n) is 2.31. The van der Waals surface area contributed by atoms with Gasteiger partial charge in [-0.3, -0.25) is 14.6 Å². The van der Waals surface area contributed by atoms with Crippen LogP contribution in [0.2, 0.25) is 0 Å². The molecular weight excluding hydrogens is 415 g/mol. The third kappa shape index (κ3) is 6.92. The predicted molar refractivity (Wildman–Crippen MR) is 100 cm³/mol. The van der Waals surface area contributed by atoms with Crippen LogP contribution in [0, 0.1) is 11.3 Å². The number of likely N-dealkylation sites (N-methyl/N-ethyl adjacent to an activating group) is 1. The lowest BCUT2D eigenvalue weighted by Crippen LogP contribution is -2.51. The van der Waals surface area contributed by atoms with Crippen molar-refractivity contribution < 1.29 is 27.5 Å². The number of halogens is 4. The number of anilines is 1. The molecule has 1 rings (SSSR count). The molecule has 0 radical (unpaired) electrons. The lowest BCUT2D eigenvalue weighted by Gasteiger charge is -2.31. The van der Waals surface area contributed by atoms with E-state index in [2.05, 4.69) is 10.4 Å². The van der Waals surface area contributed by atoms with Crippen LogP contribution < -0.4 is 11.1 Å². The number of nitriles is 1. The van der Waals surface area contributed by atoms with Gasteiger partial charge in [0.2, 0.25) is 5.60 Å². The van der Waals surface area contributed by atoms with Crippen molar-refractivity contribution in [1.29, 1.82) is 5.26 Å². The molecule has 0 aliphatic rings. The number of carbonyl (C=O) groups excluding carboxylic acids is 2. The van der Waals surface area contributed by atoms with Crippen LogP contribution in [0.5, 0.6) is 0 Å². The molecule has 0 saturated heterocycles. The van der Waals surface area contributed by atoms with Gasteiger partial charge < -0.3 is 15.8 Å². The quantitative estimate of drug-likeness (QED) is 0.280. The highest BCUT2D eigenvalue weighted by Gasteiger charge is 2.39. The van der Waals surface area contributed by atoms with Crippen LogP contribution in [0.4, 0.5) is 18.9 Å². The normalized spacial score (nSPS) is 13.4. The standard InChI is InChI=1S/C17H19ClF3N5O3/c1-16(29-14(27)8-18,10-26(2)24-6-5-22)15(28)25-12-4-3-11(9-23)13(7-12)17(19,20)21/h3-4,6-7H,5,8,10,22H2,1-2H3,(H,25,28)/b24-6-/t16-/m0/s1. The maximum absolute atomic E-state index is 13.1. The second kappa shape index (κ2) is 10.1. The number of hydrogen-bond donors (Lipinski definition) is 2. The van der Waals surface area contributed by atoms with Crippen molar-refractivity contribution in [3.05, 3.63) is 29.3 Å². The Morgan fingerprint density at radius 3 is 2.62 bits per heavy atom. The second-order valence-corrected chi connectivity index (χ2v) is 6.28. The zero-order valence-corrected chi connectivity index (χ0v) is 16.3. The summed E-state index contributed by atoms with van der Waals surface area (Å²) in [7, 11) is 1.48. The van der Waals surface area contributed by atoms with Crippen LogP contribution in [-0.4, -0.2) is 54.7 Å². The van der Waals surface area contributed by atoms with E-state index in [0.29, 0.717) is 6.07 Å². The Hall–Kier alpha value is -2.84. The number of hydrazone groups is 1. The third-order valence-corrected chi connectivity index (χ3v) is 3.76. The molecule has 1 atom stereocenters. The molecule has 0 saturated carbocycles. The summed E-state index contributed by atoms with van der Waals surface area (Å²) in [4.78, 5) is 24.4. The van der Waals surface area contributed by atoms with Gasteiger partial charge in [0.15, 0.2) is 0 Å². The van der Waals surface area contributed by atoms with Crippen molar-refractivity contribution >= 4 is 35.4 Å². The van der Waals surface area contributed by atoms with Crippen molar-refractivity contribution in [3.8, 4) is 6.07 Å². The number of nitrogens with two attached hydrogens (primary N) is 1. The van der Waals surface area contributed by atoms with Gasteiger partial charge in [-0.05, 0) is 25.1 Å². The van der Waals surface area contributed by atoms with E-state index in [1.165, 1.54) is 31.3 Å². The molecule has 0 heterocycles. The molecule has 3 N–H and O–H groups in total. The molecule has 12 heteroatoms. The Balaban J connectivity index is 3.19. The first-order valence-corrected chi connectivity index (χ1v) is 8.64. The summed E-state index contributed by atoms with van der Waals surface area (Å²) in [5.74, 6) is -2.35. The number of alkyl halides is 4. The van der Waals surface area contributed by atoms with E-state index in [-0.39, 0.29) is 18.8 Å². The SMILES string of the molecule is CN(C[C@](C)(OC(=O)CCl)C(=O)Nc1ccc(C#N)c(C(F)(F)F)c1)/N=C\CN. The highest BCUT2D eigenvalue weighted by molar-refractivity contribution is 6.26. The molecule has 8 nitrogen and oxygen atoms in total. The number of benzene rings is 1. The minimum Gasteiger partial charge on any atom is -0.446 e. The molecule has 29 heavy (non-hydrogen) atoms. The highest BCUT2D eigenvalue weighted by Crippen LogP contribution is 2.33. The number of esters is 1. The maximum atomic E-state index is 13.1. The van der Waals surface area contributed by atoms with Gasteiger partial charge >= 0.3 is 12.1 Å². The summed E-state index contributed by atoms with van der Waals surface area (Å²) in [5, 5.41) is 16.3. The van der Waals surface area contributed by atoms with Crippen LogP contribution in [0.1, 0.15) is 18.1 Å². The van der Waals surface area contributed by atoms with E-state index in [4.69, 9.17) is 27.3 Å². The van der Waals surface area contributed by atoms with Crippen molar-refractivity contribution in [2.24, 2.45) is 10.8 Å². The average Bonchev–Trinajstić information content (AvgIpc) is 2.65. The largest absolute Gasteiger partial charge is 0.446 e. The molecule has 0 aliphatic heterocycles. The monoisotopic (exact) mass is 433 g/mol. The molecule has 0 bridgehead atoms. The van der Waals surface area contributed by atoms with Gasteiger partial charge in [0, 0.05) is 25.5 Å². The van der Waals surface area contributed by atoms with E-state index in [1.54, 1.807) is 0 Å². The van der Waals surface area contributed by atoms with Gasteiger partial charge in [-0.15, -0.1) is 11.6 Å². The van der Waals surface area contributed by atoms with Gasteiger partial charge in [-0.25, -0.2) is 0 Å². The Morgan fingerprint density at radius 1 is 1.45 bits per heavy atom. The first kappa shape index (κ1) is 24.2. The lowest BCUT2D eigenvalue weighted by atomic mass is 10.0. The summed E-state index contributed by atoms with van der Waals surface area (Å²) in [6, 6.07) is 4.12. The zero-order valence-electron chi connectivity index (χ0n) is 15.6. The summed E-state index contributed by atoms with van der Waals surface area (Å²) in [6.07, 6.45) is -3.45. The average molecular weight is 434 g/mol. The molecule has 0 spiro atoms. The van der Waals surface area contributed by atoms with Gasteiger partial charge in [0.1, 0.15) is 5.88 Å². The summed E-state index contributed by atoms with van der Waals surface area (Å²) >= 11 is 5.43. The van der Waals surface area contributed by atoms with E-state index in [1.807, 2.05) is 0 Å². The molecule has 158 valence electrons. The van der Waals surface area contributed by atoms with Gasteiger partial charge in [-0.1, -0.05) is 0 Å². The maximum Gasteiger partial charge on any atom is 0.417 e. The Kier molecular flexibility index (Phi) is 8.42. The van der Waals surface area contributed by atoms with E-state index in [9.17, 15) is 22.8 Å². The molecule has 0 aromatic heterocycles. The Morgan fingerprint density at radius 2 is 2.10 bits per heavy atom. The number of amides is 1. The Labute approximate surface area is 170 Å². The summed E-state index contributed by atoms with van der Waals surface area (Å²) in [5.41, 5.74) is 1.44. The van der Waals surface area contributed by atoms with Gasteiger partial charge in [-0.2, -0.15) is 23.5 Å². The molecule has 1 amide bonds. The summed E-state index contributed by atoms with van der Waals surface area (Å²) in [6.45, 7) is 1.15. The van der Waals surface area contributed by atoms with Crippen molar-refractivity contribution in [1.82, 2.24) is 5.01 Å². The van der Waals surface area contributed by atoms with Crippen LogP contribution in [-0.2, 0) is 20.5 Å². The molecule has 0 fully saturated rings. The fourth-order valence-corrected chi connectivity index (χ4v) is 2.36. The lowest BCUT2D eigenvalue weighted by molar-refractivity contribution is -0.163. The van der Waals surface area contributed by atoms with Crippen molar-refractivity contribution in [2.75, 3.05) is 31.3 Å². The minimum atomic E-state index is -4.79. The zero-order chi connectivity index (χ0) is 22.2. The van der Waals surface area contributed by atoms with Crippen molar-refractivity contribution in [3.63, 3.8) is 0 Å². The number of carbonyl (C=O) groups is 2. The molecule has 0 aliphatic carbocycles. The number of nitrogens with one attached hydrogen (secondary N) is 1. The second-order valence-electron chi connectivity index (χ2n) is 6.01. The minimum absolute atomic E-state index is 0.125. The fraction of sp³-hybridized carbons (Fsp3) is 0.412. The third-order valence-electron chi connectivity index (χ3n) is 3.55. The van der Waals surface area contributed by atoms with Crippen LogP contribution in [0.25, 0.3) is 0 Å². The van der Waals surface area contributed by atoms with E-state index in [0.717, 1.165) is 12.1 Å². The van der Waals surface area contributed by atoms with Crippen molar-refractivity contribution in [2.45, 2.75) is 18.7 Å². The molecule has 1 aromatic rings. The van der Waals surface area contributed by atoms with Crippen LogP contribution in [0.3, 0.4) is 0 Å². The van der Waals surface area contributed by atoms with Gasteiger partial charge in [0.25, 0.3) is 5.91 Å². The number of rotatable bonds is 8. The van der Waals surface area contributed by atoms with Gasteiger partial charge in [0.05, 0.1) is 23.7 Å². The molecule has 1 aromatic carbocycles. The van der Waals surface area contributed by atoms with Crippen LogP contribution in [0.15, 0.2) is 23.3 Å². The predicted octanol–water partition coefficient (Wildman–Crippen LogP) is 1.93. The first-order chi connectivity index (χ1) is 13.5. The first-order valence-electron chi connectivity index (χ1n) is 8.11. The highest BCUT2D eigenvalue weighted by atomic mass is 35.5. The topological polar surface area (TPSA) is 121 Å². The number of nitrogens with zero attached hydrogens (tertiary/aromatic N) is 3. The van der Waals surface area contributed by atoms with Crippen LogP contribution >= 0.6 is 11.6 Å². The number of hydrogen-bond acceptors (Lipinski definition) is 7. The van der Waals surface area contributed by atoms with E-state index < -0.39 is 40.7 Å². The summed E-state index contributed by atoms with van der Waals surface area (Å²) < 4.78 is 44.5.